The maximum atomic E-state index is 12.8. The third kappa shape index (κ3) is 5.47. The molecule has 0 spiro atoms. The number of hydrogen-bond acceptors (Lipinski definition) is 5. The number of nitrogens with one attached hydrogen (secondary N) is 3. The summed E-state index contributed by atoms with van der Waals surface area (Å²) in [7, 11) is 1.51. The first kappa shape index (κ1) is 20.7. The Hall–Kier alpha value is -3.07. The summed E-state index contributed by atoms with van der Waals surface area (Å²) >= 11 is 1.45. The van der Waals surface area contributed by atoms with E-state index in [1.807, 2.05) is 17.5 Å². The highest BCUT2D eigenvalue weighted by atomic mass is 32.1. The van der Waals surface area contributed by atoms with Gasteiger partial charge >= 0.3 is 6.03 Å². The molecule has 1 unspecified atom stereocenters. The normalized spacial score (nSPS) is 16.1. The van der Waals surface area contributed by atoms with Crippen LogP contribution in [0.4, 0.5) is 21.2 Å². The summed E-state index contributed by atoms with van der Waals surface area (Å²) in [6.07, 6.45) is 1.45. The number of urea groups is 1. The number of ether oxygens (including phenoxy) is 1. The van der Waals surface area contributed by atoms with Crippen LogP contribution in [0, 0.1) is 5.92 Å². The molecule has 3 rings (SSSR count). The molecule has 1 fully saturated rings. The van der Waals surface area contributed by atoms with E-state index >= 15 is 0 Å². The molecule has 0 saturated carbocycles. The Morgan fingerprint density at radius 3 is 2.69 bits per heavy atom. The first-order valence-electron chi connectivity index (χ1n) is 9.32. The first-order valence-corrected chi connectivity index (χ1v) is 10.2. The molecule has 3 N–H and O–H groups in total. The second kappa shape index (κ2) is 9.42. The van der Waals surface area contributed by atoms with Gasteiger partial charge < -0.3 is 20.3 Å². The Bertz CT molecular complexity index is 885. The van der Waals surface area contributed by atoms with Gasteiger partial charge in [-0.15, -0.1) is 11.3 Å². The summed E-state index contributed by atoms with van der Waals surface area (Å²) in [5, 5.41) is 11.1. The van der Waals surface area contributed by atoms with Gasteiger partial charge in [-0.25, -0.2) is 4.79 Å². The van der Waals surface area contributed by atoms with E-state index in [1.165, 1.54) is 25.4 Å². The smallest absolute Gasteiger partial charge is 0.322 e. The SMILES string of the molecule is COc1ccc(NC(C)=O)cc1NC(=O)C1CCCN(C(=O)Nc2cccs2)C1. The van der Waals surface area contributed by atoms with Gasteiger partial charge in [-0.05, 0) is 48.6 Å². The molecule has 29 heavy (non-hydrogen) atoms. The second-order valence-corrected chi connectivity index (χ2v) is 7.73. The standard InChI is InChI=1S/C20H24N4O4S/c1-13(25)21-15-7-8-17(28-2)16(11-15)22-19(26)14-5-3-9-24(12-14)20(27)23-18-6-4-10-29-18/h4,6-8,10-11,14H,3,5,9,12H2,1-2H3,(H,21,25)(H,22,26)(H,23,27). The maximum Gasteiger partial charge on any atom is 0.322 e. The predicted octanol–water partition coefficient (Wildman–Crippen LogP) is 3.60. The number of anilines is 3. The van der Waals surface area contributed by atoms with Crippen molar-refractivity contribution >= 4 is 45.6 Å². The van der Waals surface area contributed by atoms with E-state index in [0.29, 0.717) is 36.6 Å². The van der Waals surface area contributed by atoms with Gasteiger partial charge in [0, 0.05) is 25.7 Å². The molecule has 0 radical (unpaired) electrons. The van der Waals surface area contributed by atoms with Crippen molar-refractivity contribution in [3.8, 4) is 5.75 Å². The zero-order valence-corrected chi connectivity index (χ0v) is 17.2. The fourth-order valence-electron chi connectivity index (χ4n) is 3.23. The molecule has 154 valence electrons. The number of nitrogens with zero attached hydrogens (tertiary/aromatic N) is 1. The molecule has 8 nitrogen and oxygen atoms in total. The molecule has 1 aliphatic heterocycles. The van der Waals surface area contributed by atoms with E-state index in [4.69, 9.17) is 4.74 Å². The lowest BCUT2D eigenvalue weighted by Gasteiger charge is -2.32. The summed E-state index contributed by atoms with van der Waals surface area (Å²) < 4.78 is 5.31. The van der Waals surface area contributed by atoms with Crippen molar-refractivity contribution in [1.29, 1.82) is 0 Å². The average Bonchev–Trinajstić information content (AvgIpc) is 3.21. The van der Waals surface area contributed by atoms with Gasteiger partial charge in [0.25, 0.3) is 0 Å². The lowest BCUT2D eigenvalue weighted by Crippen LogP contribution is -2.45. The van der Waals surface area contributed by atoms with Crippen molar-refractivity contribution < 1.29 is 19.1 Å². The molecule has 0 bridgehead atoms. The summed E-state index contributed by atoms with van der Waals surface area (Å²) in [6, 6.07) is 8.55. The second-order valence-electron chi connectivity index (χ2n) is 6.78. The quantitative estimate of drug-likeness (QED) is 0.693. The lowest BCUT2D eigenvalue weighted by molar-refractivity contribution is -0.121. The Balaban J connectivity index is 1.65. The average molecular weight is 417 g/mol. The fraction of sp³-hybridized carbons (Fsp3) is 0.350. The molecule has 2 aromatic rings. The molecule has 0 aliphatic carbocycles. The zero-order valence-electron chi connectivity index (χ0n) is 16.4. The van der Waals surface area contributed by atoms with Crippen LogP contribution in [0.3, 0.4) is 0 Å². The molecular formula is C20H24N4O4S. The Morgan fingerprint density at radius 2 is 2.00 bits per heavy atom. The summed E-state index contributed by atoms with van der Waals surface area (Å²) in [5.74, 6) is -0.216. The highest BCUT2D eigenvalue weighted by Crippen LogP contribution is 2.29. The van der Waals surface area contributed by atoms with Gasteiger partial charge in [-0.3, -0.25) is 14.9 Å². The minimum atomic E-state index is -0.327. The van der Waals surface area contributed by atoms with Gasteiger partial charge in [-0.2, -0.15) is 0 Å². The number of thiophene rings is 1. The molecule has 1 aromatic heterocycles. The van der Waals surface area contributed by atoms with E-state index in [0.717, 1.165) is 11.4 Å². The minimum absolute atomic E-state index is 0.183. The van der Waals surface area contributed by atoms with Gasteiger partial charge in [0.1, 0.15) is 5.75 Å². The predicted molar refractivity (Wildman–Crippen MR) is 114 cm³/mol. The number of benzene rings is 1. The van der Waals surface area contributed by atoms with Crippen LogP contribution in [0.15, 0.2) is 35.7 Å². The van der Waals surface area contributed by atoms with Gasteiger partial charge in [0.05, 0.1) is 23.7 Å². The van der Waals surface area contributed by atoms with E-state index in [9.17, 15) is 14.4 Å². The van der Waals surface area contributed by atoms with E-state index in [2.05, 4.69) is 16.0 Å². The molecule has 9 heteroatoms. The van der Waals surface area contributed by atoms with Crippen molar-refractivity contribution in [2.24, 2.45) is 5.92 Å². The number of amides is 4. The monoisotopic (exact) mass is 416 g/mol. The maximum absolute atomic E-state index is 12.8. The van der Waals surface area contributed by atoms with Crippen LogP contribution in [0.25, 0.3) is 0 Å². The van der Waals surface area contributed by atoms with Crippen LogP contribution in [0.1, 0.15) is 19.8 Å². The van der Waals surface area contributed by atoms with Crippen LogP contribution < -0.4 is 20.7 Å². The fourth-order valence-corrected chi connectivity index (χ4v) is 3.84. The largest absolute Gasteiger partial charge is 0.495 e. The lowest BCUT2D eigenvalue weighted by atomic mass is 9.97. The Morgan fingerprint density at radius 1 is 1.17 bits per heavy atom. The minimum Gasteiger partial charge on any atom is -0.495 e. The third-order valence-electron chi connectivity index (χ3n) is 4.61. The molecule has 2 heterocycles. The van der Waals surface area contributed by atoms with Crippen molar-refractivity contribution in [3.63, 3.8) is 0 Å². The molecule has 1 saturated heterocycles. The molecule has 1 atom stereocenters. The summed E-state index contributed by atoms with van der Waals surface area (Å²) in [5.41, 5.74) is 1.04. The number of piperidine rings is 1. The molecule has 1 aromatic carbocycles. The van der Waals surface area contributed by atoms with Crippen molar-refractivity contribution in [3.05, 3.63) is 35.7 Å². The molecule has 4 amide bonds. The Kier molecular flexibility index (Phi) is 6.71. The third-order valence-corrected chi connectivity index (χ3v) is 5.39. The molecule has 1 aliphatic rings. The van der Waals surface area contributed by atoms with Gasteiger partial charge in [0.15, 0.2) is 0 Å². The van der Waals surface area contributed by atoms with Gasteiger partial charge in [-0.1, -0.05) is 0 Å². The van der Waals surface area contributed by atoms with Crippen LogP contribution in [0.5, 0.6) is 5.75 Å². The highest BCUT2D eigenvalue weighted by molar-refractivity contribution is 7.14. The summed E-state index contributed by atoms with van der Waals surface area (Å²) in [4.78, 5) is 38.3. The molecular weight excluding hydrogens is 392 g/mol. The number of likely N-dealkylation sites (tertiary alicyclic amines) is 1. The summed E-state index contributed by atoms with van der Waals surface area (Å²) in [6.45, 7) is 2.37. The Labute approximate surface area is 173 Å². The first-order chi connectivity index (χ1) is 14.0. The van der Waals surface area contributed by atoms with E-state index in [1.54, 1.807) is 23.1 Å². The van der Waals surface area contributed by atoms with Crippen LogP contribution in [-0.4, -0.2) is 42.9 Å². The highest BCUT2D eigenvalue weighted by Gasteiger charge is 2.29. The van der Waals surface area contributed by atoms with Crippen molar-refractivity contribution in [1.82, 2.24) is 4.90 Å². The number of carbonyl (C=O) groups excluding carboxylic acids is 3. The zero-order chi connectivity index (χ0) is 20.8. The van der Waals surface area contributed by atoms with Crippen molar-refractivity contribution in [2.75, 3.05) is 36.1 Å². The van der Waals surface area contributed by atoms with Crippen LogP contribution in [0.2, 0.25) is 0 Å². The van der Waals surface area contributed by atoms with Gasteiger partial charge in [0.2, 0.25) is 11.8 Å². The number of carbonyl (C=O) groups is 3. The number of hydrogen-bond donors (Lipinski definition) is 3. The number of rotatable bonds is 5. The van der Waals surface area contributed by atoms with E-state index < -0.39 is 0 Å². The topological polar surface area (TPSA) is 99.8 Å². The van der Waals surface area contributed by atoms with Crippen LogP contribution in [-0.2, 0) is 9.59 Å². The van der Waals surface area contributed by atoms with E-state index in [-0.39, 0.29) is 23.8 Å². The van der Waals surface area contributed by atoms with Crippen molar-refractivity contribution in [2.45, 2.75) is 19.8 Å². The van der Waals surface area contributed by atoms with Crippen LogP contribution >= 0.6 is 11.3 Å². The number of methoxy groups -OCH3 is 1.